The van der Waals surface area contributed by atoms with Crippen LogP contribution in [0.25, 0.3) is 11.0 Å². The van der Waals surface area contributed by atoms with Crippen LogP contribution in [-0.2, 0) is 4.79 Å². The van der Waals surface area contributed by atoms with Crippen molar-refractivity contribution < 1.29 is 4.79 Å². The third-order valence-electron chi connectivity index (χ3n) is 2.96. The number of rotatable bonds is 3. The Bertz CT molecular complexity index is 705. The largest absolute Gasteiger partial charge is 0.368 e. The quantitative estimate of drug-likeness (QED) is 0.848. The van der Waals surface area contributed by atoms with Gasteiger partial charge in [-0.15, -0.1) is 0 Å². The summed E-state index contributed by atoms with van der Waals surface area (Å²) >= 11 is 17.3. The van der Waals surface area contributed by atoms with Crippen LogP contribution < -0.4 is 5.73 Å². The number of imidazole rings is 1. The van der Waals surface area contributed by atoms with Crippen molar-refractivity contribution >= 4 is 52.4 Å². The van der Waals surface area contributed by atoms with Crippen molar-refractivity contribution in [3.05, 3.63) is 26.9 Å². The van der Waals surface area contributed by atoms with Crippen LogP contribution in [0.1, 0.15) is 19.9 Å². The lowest BCUT2D eigenvalue weighted by Crippen LogP contribution is -2.30. The zero-order chi connectivity index (χ0) is 14.3. The second kappa shape index (κ2) is 5.15. The Morgan fingerprint density at radius 3 is 2.47 bits per heavy atom. The van der Waals surface area contributed by atoms with Gasteiger partial charge in [-0.2, -0.15) is 0 Å². The number of H-pyrrole nitrogens is 1. The predicted molar refractivity (Wildman–Crippen MR) is 80.2 cm³/mol. The van der Waals surface area contributed by atoms with E-state index in [0.717, 1.165) is 11.0 Å². The molecule has 0 saturated heterocycles. The summed E-state index contributed by atoms with van der Waals surface area (Å²) in [4.78, 5) is 14.7. The smallest absolute Gasteiger partial charge is 0.240 e. The van der Waals surface area contributed by atoms with Gasteiger partial charge in [0.1, 0.15) is 6.04 Å². The zero-order valence-corrected chi connectivity index (χ0v) is 12.7. The molecule has 3 N–H and O–H groups in total. The first-order chi connectivity index (χ1) is 8.82. The highest BCUT2D eigenvalue weighted by molar-refractivity contribution is 7.71. The lowest BCUT2D eigenvalue weighted by molar-refractivity contribution is -0.122. The van der Waals surface area contributed by atoms with Gasteiger partial charge in [-0.1, -0.05) is 37.0 Å². The number of fused-ring (bicyclic) bond motifs is 1. The molecule has 2 rings (SSSR count). The van der Waals surface area contributed by atoms with Crippen LogP contribution in [-0.4, -0.2) is 15.5 Å². The molecule has 1 amide bonds. The van der Waals surface area contributed by atoms with E-state index in [9.17, 15) is 4.79 Å². The minimum absolute atomic E-state index is 0.0117. The summed E-state index contributed by atoms with van der Waals surface area (Å²) in [6.07, 6.45) is 0. The Morgan fingerprint density at radius 2 is 1.95 bits per heavy atom. The molecule has 0 radical (unpaired) electrons. The summed E-state index contributed by atoms with van der Waals surface area (Å²) < 4.78 is 2.12. The van der Waals surface area contributed by atoms with Gasteiger partial charge in [0, 0.05) is 0 Å². The molecule has 2 aromatic rings. The van der Waals surface area contributed by atoms with Crippen molar-refractivity contribution in [2.75, 3.05) is 0 Å². The van der Waals surface area contributed by atoms with E-state index in [2.05, 4.69) is 4.98 Å². The fourth-order valence-corrected chi connectivity index (χ4v) is 2.79. The van der Waals surface area contributed by atoms with Crippen molar-refractivity contribution in [3.63, 3.8) is 0 Å². The Morgan fingerprint density at radius 1 is 1.37 bits per heavy atom. The van der Waals surface area contributed by atoms with Crippen LogP contribution in [0, 0.1) is 10.7 Å². The number of nitrogens with zero attached hydrogens (tertiary/aromatic N) is 1. The number of aromatic nitrogens is 2. The number of benzene rings is 1. The lowest BCUT2D eigenvalue weighted by atomic mass is 10.0. The molecule has 19 heavy (non-hydrogen) atoms. The first kappa shape index (κ1) is 14.4. The molecule has 0 spiro atoms. The van der Waals surface area contributed by atoms with Crippen LogP contribution >= 0.6 is 35.4 Å². The third kappa shape index (κ3) is 2.50. The fourth-order valence-electron chi connectivity index (χ4n) is 2.15. The van der Waals surface area contributed by atoms with Gasteiger partial charge < -0.3 is 15.3 Å². The molecule has 0 aliphatic carbocycles. The molecule has 0 aliphatic rings. The number of nitrogens with one attached hydrogen (secondary N) is 1. The summed E-state index contributed by atoms with van der Waals surface area (Å²) in [7, 11) is 0. The van der Waals surface area contributed by atoms with Crippen molar-refractivity contribution in [1.82, 2.24) is 9.55 Å². The second-order valence-corrected chi connectivity index (χ2v) is 5.88. The number of amides is 1. The van der Waals surface area contributed by atoms with Crippen LogP contribution in [0.4, 0.5) is 0 Å². The number of hydrogen-bond donors (Lipinski definition) is 2. The molecule has 0 aliphatic heterocycles. The average Bonchev–Trinajstić information content (AvgIpc) is 2.56. The summed E-state index contributed by atoms with van der Waals surface area (Å²) in [5, 5.41) is 0.835. The fraction of sp³-hybridized carbons (Fsp3) is 0.333. The Hall–Kier alpha value is -1.04. The number of carbonyl (C=O) groups is 1. The van der Waals surface area contributed by atoms with E-state index >= 15 is 0 Å². The van der Waals surface area contributed by atoms with E-state index in [-0.39, 0.29) is 5.92 Å². The first-order valence-corrected chi connectivity index (χ1v) is 6.88. The molecule has 1 heterocycles. The predicted octanol–water partition coefficient (Wildman–Crippen LogP) is 3.69. The maximum Gasteiger partial charge on any atom is 0.240 e. The highest BCUT2D eigenvalue weighted by atomic mass is 35.5. The number of hydrogen-bond acceptors (Lipinski definition) is 2. The van der Waals surface area contributed by atoms with Crippen LogP contribution in [0.15, 0.2) is 12.1 Å². The summed E-state index contributed by atoms with van der Waals surface area (Å²) in [6.45, 7) is 3.82. The molecule has 1 aromatic carbocycles. The van der Waals surface area contributed by atoms with E-state index in [1.807, 2.05) is 13.8 Å². The van der Waals surface area contributed by atoms with E-state index in [4.69, 9.17) is 41.2 Å². The van der Waals surface area contributed by atoms with Crippen molar-refractivity contribution in [3.8, 4) is 0 Å². The monoisotopic (exact) mass is 317 g/mol. The Labute approximate surface area is 125 Å². The standard InChI is InChI=1S/C12H13Cl2N3OS/c1-5(2)10(11(15)18)17-9-4-7(14)6(13)3-8(9)16-12(17)19/h3-5,10H,1-2H3,(H2,15,18)(H,16,19). The zero-order valence-electron chi connectivity index (χ0n) is 10.4. The number of halogens is 2. The molecule has 1 aromatic heterocycles. The third-order valence-corrected chi connectivity index (χ3v) is 3.98. The second-order valence-electron chi connectivity index (χ2n) is 4.67. The van der Waals surface area contributed by atoms with E-state index in [0.29, 0.717) is 14.8 Å². The highest BCUT2D eigenvalue weighted by Crippen LogP contribution is 2.30. The molecule has 1 atom stereocenters. The minimum Gasteiger partial charge on any atom is -0.368 e. The summed E-state index contributed by atoms with van der Waals surface area (Å²) in [6, 6.07) is 2.84. The first-order valence-electron chi connectivity index (χ1n) is 5.71. The number of nitrogens with two attached hydrogens (primary N) is 1. The topological polar surface area (TPSA) is 63.8 Å². The van der Waals surface area contributed by atoms with E-state index in [1.54, 1.807) is 16.7 Å². The van der Waals surface area contributed by atoms with Gasteiger partial charge >= 0.3 is 0 Å². The van der Waals surface area contributed by atoms with Gasteiger partial charge in [-0.25, -0.2) is 0 Å². The lowest BCUT2D eigenvalue weighted by Gasteiger charge is -2.19. The van der Waals surface area contributed by atoms with E-state index in [1.165, 1.54) is 0 Å². The average molecular weight is 318 g/mol. The maximum atomic E-state index is 11.7. The summed E-state index contributed by atoms with van der Waals surface area (Å²) in [5.74, 6) is -0.421. The molecule has 0 bridgehead atoms. The van der Waals surface area contributed by atoms with Gasteiger partial charge in [0.2, 0.25) is 5.91 Å². The van der Waals surface area contributed by atoms with Crippen LogP contribution in [0.2, 0.25) is 10.0 Å². The SMILES string of the molecule is CC(C)C(C(N)=O)n1c(=S)[nH]c2cc(Cl)c(Cl)cc21. The van der Waals surface area contributed by atoms with Crippen molar-refractivity contribution in [2.24, 2.45) is 11.7 Å². The van der Waals surface area contributed by atoms with E-state index < -0.39 is 11.9 Å². The van der Waals surface area contributed by atoms with Gasteiger partial charge in [0.15, 0.2) is 4.77 Å². The van der Waals surface area contributed by atoms with Crippen LogP contribution in [0.5, 0.6) is 0 Å². The van der Waals surface area contributed by atoms with Gasteiger partial charge in [-0.3, -0.25) is 4.79 Å². The maximum absolute atomic E-state index is 11.7. The molecule has 1 unspecified atom stereocenters. The molecule has 7 heteroatoms. The normalized spacial score (nSPS) is 13.1. The Balaban J connectivity index is 2.79. The van der Waals surface area contributed by atoms with Gasteiger partial charge in [-0.05, 0) is 30.3 Å². The summed E-state index contributed by atoms with van der Waals surface area (Å²) in [5.41, 5.74) is 6.93. The van der Waals surface area contributed by atoms with Crippen LogP contribution in [0.3, 0.4) is 0 Å². The molecule has 0 fully saturated rings. The molecule has 102 valence electrons. The van der Waals surface area contributed by atoms with Crippen molar-refractivity contribution in [2.45, 2.75) is 19.9 Å². The molecule has 0 saturated carbocycles. The molecular formula is C12H13Cl2N3OS. The number of carbonyl (C=O) groups excluding carboxylic acids is 1. The molecule has 4 nitrogen and oxygen atoms in total. The van der Waals surface area contributed by atoms with Crippen molar-refractivity contribution in [1.29, 1.82) is 0 Å². The minimum atomic E-state index is -0.529. The van der Waals surface area contributed by atoms with Gasteiger partial charge in [0.05, 0.1) is 21.1 Å². The highest BCUT2D eigenvalue weighted by Gasteiger charge is 2.24. The van der Waals surface area contributed by atoms with Gasteiger partial charge in [0.25, 0.3) is 0 Å². The Kier molecular flexibility index (Phi) is 3.90. The number of primary amides is 1. The molecular weight excluding hydrogens is 305 g/mol. The number of aromatic amines is 1.